The van der Waals surface area contributed by atoms with E-state index in [9.17, 15) is 17.6 Å². The molecule has 0 atom stereocenters. The van der Waals surface area contributed by atoms with Crippen molar-refractivity contribution in [2.24, 2.45) is 5.92 Å². The van der Waals surface area contributed by atoms with Gasteiger partial charge >= 0.3 is 10.1 Å². The monoisotopic (exact) mass is 419 g/mol. The summed E-state index contributed by atoms with van der Waals surface area (Å²) in [7, 11) is -3.57. The van der Waals surface area contributed by atoms with Gasteiger partial charge in [-0.25, -0.2) is 4.39 Å². The molecular formula is C22H26FNO4S. The molecule has 0 heterocycles. The number of carbonyl (C=O) groups excluding carboxylic acids is 1. The van der Waals surface area contributed by atoms with Crippen LogP contribution in [-0.4, -0.2) is 25.0 Å². The van der Waals surface area contributed by atoms with E-state index in [1.165, 1.54) is 19.1 Å². The number of amides is 1. The van der Waals surface area contributed by atoms with Gasteiger partial charge in [0.2, 0.25) is 5.91 Å². The molecule has 1 amide bonds. The van der Waals surface area contributed by atoms with Crippen molar-refractivity contribution in [1.82, 2.24) is 4.90 Å². The number of nitrogens with zero attached hydrogens (tertiary/aromatic N) is 1. The molecule has 5 nitrogen and oxygen atoms in total. The summed E-state index contributed by atoms with van der Waals surface area (Å²) in [6.45, 7) is 2.32. The van der Waals surface area contributed by atoms with E-state index in [0.29, 0.717) is 13.1 Å². The molecule has 0 aromatic heterocycles. The third-order valence-electron chi connectivity index (χ3n) is 5.18. The number of benzene rings is 2. The van der Waals surface area contributed by atoms with Crippen LogP contribution >= 0.6 is 0 Å². The Morgan fingerprint density at radius 2 is 1.52 bits per heavy atom. The van der Waals surface area contributed by atoms with Gasteiger partial charge in [-0.1, -0.05) is 37.1 Å². The second-order valence-electron chi connectivity index (χ2n) is 7.38. The topological polar surface area (TPSA) is 63.7 Å². The second kappa shape index (κ2) is 9.39. The number of halogens is 1. The van der Waals surface area contributed by atoms with Gasteiger partial charge in [-0.3, -0.25) is 4.79 Å². The molecule has 156 valence electrons. The third-order valence-corrected chi connectivity index (χ3v) is 6.33. The number of rotatable bonds is 8. The number of carbonyl (C=O) groups is 1. The maximum absolute atomic E-state index is 13.2. The summed E-state index contributed by atoms with van der Waals surface area (Å²) in [5.41, 5.74) is 1.74. The summed E-state index contributed by atoms with van der Waals surface area (Å²) in [5.74, 6) is -0.00730. The van der Waals surface area contributed by atoms with Gasteiger partial charge in [0.1, 0.15) is 11.6 Å². The Balaban J connectivity index is 1.75. The molecule has 0 bridgehead atoms. The molecule has 3 rings (SSSR count). The van der Waals surface area contributed by atoms with Crippen LogP contribution in [0.5, 0.6) is 5.75 Å². The van der Waals surface area contributed by atoms with Crippen LogP contribution in [0.4, 0.5) is 4.39 Å². The van der Waals surface area contributed by atoms with Crippen LogP contribution in [0.2, 0.25) is 0 Å². The molecule has 2 aromatic carbocycles. The molecule has 1 fully saturated rings. The number of hydrogen-bond acceptors (Lipinski definition) is 4. The summed E-state index contributed by atoms with van der Waals surface area (Å²) < 4.78 is 41.4. The smallest absolute Gasteiger partial charge is 0.308 e. The Hall–Kier alpha value is -2.41. The van der Waals surface area contributed by atoms with Crippen molar-refractivity contribution in [3.8, 4) is 5.75 Å². The summed E-state index contributed by atoms with van der Waals surface area (Å²) in [6, 6.07) is 12.9. The fourth-order valence-electron chi connectivity index (χ4n) is 3.53. The first kappa shape index (κ1) is 21.3. The van der Waals surface area contributed by atoms with Crippen molar-refractivity contribution in [3.05, 3.63) is 65.5 Å². The lowest BCUT2D eigenvalue weighted by Crippen LogP contribution is -2.34. The summed E-state index contributed by atoms with van der Waals surface area (Å²) in [4.78, 5) is 14.9. The van der Waals surface area contributed by atoms with Crippen molar-refractivity contribution in [3.63, 3.8) is 0 Å². The van der Waals surface area contributed by atoms with Gasteiger partial charge in [0, 0.05) is 19.0 Å². The molecule has 1 aliphatic rings. The van der Waals surface area contributed by atoms with Crippen molar-refractivity contribution < 1.29 is 21.8 Å². The molecule has 0 aliphatic heterocycles. The normalized spacial score (nSPS) is 14.7. The first-order valence-corrected chi connectivity index (χ1v) is 11.5. The molecule has 1 saturated carbocycles. The molecule has 7 heteroatoms. The van der Waals surface area contributed by atoms with E-state index in [2.05, 4.69) is 0 Å². The lowest BCUT2D eigenvalue weighted by Gasteiger charge is -2.26. The van der Waals surface area contributed by atoms with Gasteiger partial charge in [0.05, 0.1) is 5.75 Å². The average molecular weight is 420 g/mol. The summed E-state index contributed by atoms with van der Waals surface area (Å²) in [5, 5.41) is 0. The Bertz CT molecular complexity index is 920. The predicted molar refractivity (Wildman–Crippen MR) is 109 cm³/mol. The highest BCUT2D eigenvalue weighted by molar-refractivity contribution is 7.87. The standard InChI is InChI=1S/C22H26FNO4S/c1-2-29(26,27)28-21-13-9-18(10-14-21)16-24(22(25)19-5-3-4-6-19)15-17-7-11-20(23)12-8-17/h7-14,19H,2-6,15-16H2,1H3. The molecule has 0 saturated heterocycles. The minimum atomic E-state index is -3.57. The minimum Gasteiger partial charge on any atom is -0.382 e. The lowest BCUT2D eigenvalue weighted by atomic mass is 10.0. The maximum atomic E-state index is 13.2. The van der Waals surface area contributed by atoms with Gasteiger partial charge in [-0.05, 0) is 55.2 Å². The zero-order valence-electron chi connectivity index (χ0n) is 16.5. The van der Waals surface area contributed by atoms with Crippen LogP contribution in [0.25, 0.3) is 0 Å². The van der Waals surface area contributed by atoms with Crippen LogP contribution in [-0.2, 0) is 28.0 Å². The van der Waals surface area contributed by atoms with E-state index in [0.717, 1.165) is 36.8 Å². The zero-order chi connectivity index (χ0) is 20.9. The van der Waals surface area contributed by atoms with Gasteiger partial charge < -0.3 is 9.08 Å². The first-order valence-electron chi connectivity index (χ1n) is 9.90. The van der Waals surface area contributed by atoms with Crippen LogP contribution in [0.1, 0.15) is 43.7 Å². The van der Waals surface area contributed by atoms with E-state index >= 15 is 0 Å². The Morgan fingerprint density at radius 1 is 1.00 bits per heavy atom. The highest BCUT2D eigenvalue weighted by Crippen LogP contribution is 2.28. The molecule has 0 N–H and O–H groups in total. The third kappa shape index (κ3) is 6.03. The van der Waals surface area contributed by atoms with E-state index in [1.54, 1.807) is 41.3 Å². The largest absolute Gasteiger partial charge is 0.382 e. The van der Waals surface area contributed by atoms with Crippen molar-refractivity contribution >= 4 is 16.0 Å². The zero-order valence-corrected chi connectivity index (χ0v) is 17.3. The molecule has 0 spiro atoms. The fraction of sp³-hybridized carbons (Fsp3) is 0.409. The highest BCUT2D eigenvalue weighted by atomic mass is 32.2. The Morgan fingerprint density at radius 3 is 2.03 bits per heavy atom. The van der Waals surface area contributed by atoms with Gasteiger partial charge in [-0.2, -0.15) is 8.42 Å². The van der Waals surface area contributed by atoms with E-state index < -0.39 is 10.1 Å². The number of hydrogen-bond donors (Lipinski definition) is 0. The molecular weight excluding hydrogens is 393 g/mol. The minimum absolute atomic E-state index is 0.0350. The Kier molecular flexibility index (Phi) is 6.90. The summed E-state index contributed by atoms with van der Waals surface area (Å²) >= 11 is 0. The maximum Gasteiger partial charge on any atom is 0.308 e. The fourth-order valence-corrected chi connectivity index (χ4v) is 4.05. The predicted octanol–water partition coefficient (Wildman–Crippen LogP) is 4.27. The molecule has 1 aliphatic carbocycles. The van der Waals surface area contributed by atoms with Gasteiger partial charge in [0.15, 0.2) is 0 Å². The van der Waals surface area contributed by atoms with Crippen LogP contribution < -0.4 is 4.18 Å². The van der Waals surface area contributed by atoms with Crippen molar-refractivity contribution in [2.75, 3.05) is 5.75 Å². The van der Waals surface area contributed by atoms with Crippen LogP contribution in [0.15, 0.2) is 48.5 Å². The average Bonchev–Trinajstić information content (AvgIpc) is 3.24. The lowest BCUT2D eigenvalue weighted by molar-refractivity contribution is -0.136. The molecule has 0 unspecified atom stereocenters. The summed E-state index contributed by atoms with van der Waals surface area (Å²) in [6.07, 6.45) is 3.94. The van der Waals surface area contributed by atoms with Crippen LogP contribution in [0.3, 0.4) is 0 Å². The van der Waals surface area contributed by atoms with E-state index in [1.807, 2.05) is 0 Å². The molecule has 0 radical (unpaired) electrons. The quantitative estimate of drug-likeness (QED) is 0.600. The second-order valence-corrected chi connectivity index (χ2v) is 9.24. The van der Waals surface area contributed by atoms with Gasteiger partial charge in [0.25, 0.3) is 0 Å². The van der Waals surface area contributed by atoms with E-state index in [-0.39, 0.29) is 29.1 Å². The van der Waals surface area contributed by atoms with E-state index in [4.69, 9.17) is 4.18 Å². The SMILES string of the molecule is CCS(=O)(=O)Oc1ccc(CN(Cc2ccc(F)cc2)C(=O)C2CCCC2)cc1. The van der Waals surface area contributed by atoms with Crippen LogP contribution in [0, 0.1) is 11.7 Å². The van der Waals surface area contributed by atoms with Crippen molar-refractivity contribution in [1.29, 1.82) is 0 Å². The van der Waals surface area contributed by atoms with Gasteiger partial charge in [-0.15, -0.1) is 0 Å². The Labute approximate surface area is 171 Å². The molecule has 2 aromatic rings. The highest BCUT2D eigenvalue weighted by Gasteiger charge is 2.27. The van der Waals surface area contributed by atoms with Crippen molar-refractivity contribution in [2.45, 2.75) is 45.7 Å². The molecule has 29 heavy (non-hydrogen) atoms. The first-order chi connectivity index (χ1) is 13.9.